The zero-order valence-corrected chi connectivity index (χ0v) is 40.2. The van der Waals surface area contributed by atoms with Crippen LogP contribution in [-0.2, 0) is 28.6 Å². The van der Waals surface area contributed by atoms with Crippen LogP contribution in [0, 0.1) is 5.92 Å². The SMILES string of the molecule is CCCCCCCCCCCCCCCCCCC(=O)OC[C@H](COC(=O)CCCCCCCCCCCCCC)OC(=O)CCCCCCCCCCCCC(C)C. The summed E-state index contributed by atoms with van der Waals surface area (Å²) in [5.41, 5.74) is 0. The summed E-state index contributed by atoms with van der Waals surface area (Å²) in [4.78, 5) is 37.9. The second kappa shape index (κ2) is 47.5. The molecule has 0 aromatic carbocycles. The fourth-order valence-corrected chi connectivity index (χ4v) is 8.04. The third-order valence-corrected chi connectivity index (χ3v) is 12.0. The van der Waals surface area contributed by atoms with Gasteiger partial charge in [-0.1, -0.05) is 259 Å². The average molecular weight is 835 g/mol. The van der Waals surface area contributed by atoms with Crippen molar-refractivity contribution in [1.82, 2.24) is 0 Å². The molecule has 0 unspecified atom stereocenters. The van der Waals surface area contributed by atoms with E-state index in [1.807, 2.05) is 0 Å². The van der Waals surface area contributed by atoms with E-state index in [9.17, 15) is 14.4 Å². The van der Waals surface area contributed by atoms with Gasteiger partial charge in [0.05, 0.1) is 0 Å². The molecule has 0 aliphatic rings. The molecule has 0 bridgehead atoms. The fraction of sp³-hybridized carbons (Fsp3) is 0.943. The predicted molar refractivity (Wildman–Crippen MR) is 252 cm³/mol. The summed E-state index contributed by atoms with van der Waals surface area (Å²) in [6.45, 7) is 9.02. The number of unbranched alkanes of at least 4 members (excludes halogenated alkanes) is 35. The summed E-state index contributed by atoms with van der Waals surface area (Å²) in [5.74, 6) is -0.0272. The quantitative estimate of drug-likeness (QED) is 0.0345. The van der Waals surface area contributed by atoms with Gasteiger partial charge in [0, 0.05) is 19.3 Å². The Kier molecular flexibility index (Phi) is 46.2. The van der Waals surface area contributed by atoms with Gasteiger partial charge in [-0.3, -0.25) is 14.4 Å². The topological polar surface area (TPSA) is 78.9 Å². The minimum Gasteiger partial charge on any atom is -0.462 e. The van der Waals surface area contributed by atoms with Crippen LogP contribution in [0.5, 0.6) is 0 Å². The smallest absolute Gasteiger partial charge is 0.306 e. The first-order valence-electron chi connectivity index (χ1n) is 26.4. The number of esters is 3. The third kappa shape index (κ3) is 47.3. The summed E-state index contributed by atoms with van der Waals surface area (Å²) >= 11 is 0. The molecule has 0 aromatic rings. The molecule has 0 radical (unpaired) electrons. The van der Waals surface area contributed by atoms with E-state index in [-0.39, 0.29) is 31.1 Å². The molecule has 0 aromatic heterocycles. The molecule has 0 saturated heterocycles. The number of carbonyl (C=O) groups excluding carboxylic acids is 3. The lowest BCUT2D eigenvalue weighted by molar-refractivity contribution is -0.167. The van der Waals surface area contributed by atoms with Gasteiger partial charge in [-0.05, 0) is 25.2 Å². The van der Waals surface area contributed by atoms with Gasteiger partial charge in [-0.25, -0.2) is 0 Å². The average Bonchev–Trinajstić information content (AvgIpc) is 3.22. The van der Waals surface area contributed by atoms with Crippen LogP contribution in [0.15, 0.2) is 0 Å². The molecular weight excluding hydrogens is 733 g/mol. The Morgan fingerprint density at radius 1 is 0.322 bits per heavy atom. The maximum Gasteiger partial charge on any atom is 0.306 e. The van der Waals surface area contributed by atoms with Crippen molar-refractivity contribution in [3.05, 3.63) is 0 Å². The lowest BCUT2D eigenvalue weighted by Gasteiger charge is -2.18. The molecular formula is C53H102O6. The van der Waals surface area contributed by atoms with E-state index in [0.29, 0.717) is 19.3 Å². The van der Waals surface area contributed by atoms with Crippen molar-refractivity contribution < 1.29 is 28.6 Å². The maximum absolute atomic E-state index is 12.8. The minimum atomic E-state index is -0.760. The van der Waals surface area contributed by atoms with Crippen LogP contribution in [0.2, 0.25) is 0 Å². The van der Waals surface area contributed by atoms with Crippen molar-refractivity contribution in [3.8, 4) is 0 Å². The number of rotatable bonds is 48. The Morgan fingerprint density at radius 3 is 0.831 bits per heavy atom. The van der Waals surface area contributed by atoms with Gasteiger partial charge in [0.1, 0.15) is 13.2 Å². The molecule has 0 fully saturated rings. The van der Waals surface area contributed by atoms with E-state index in [2.05, 4.69) is 27.7 Å². The summed E-state index contributed by atoms with van der Waals surface area (Å²) in [7, 11) is 0. The molecule has 350 valence electrons. The lowest BCUT2D eigenvalue weighted by Crippen LogP contribution is -2.30. The van der Waals surface area contributed by atoms with Gasteiger partial charge in [-0.15, -0.1) is 0 Å². The van der Waals surface area contributed by atoms with Crippen LogP contribution in [0.1, 0.15) is 297 Å². The number of hydrogen-bond acceptors (Lipinski definition) is 6. The van der Waals surface area contributed by atoms with Gasteiger partial charge in [-0.2, -0.15) is 0 Å². The fourth-order valence-electron chi connectivity index (χ4n) is 8.04. The predicted octanol–water partition coefficient (Wildman–Crippen LogP) is 17.1. The normalized spacial score (nSPS) is 11.9. The Balaban J connectivity index is 4.29. The lowest BCUT2D eigenvalue weighted by atomic mass is 10.0. The van der Waals surface area contributed by atoms with Crippen molar-refractivity contribution >= 4 is 17.9 Å². The number of hydrogen-bond donors (Lipinski definition) is 0. The van der Waals surface area contributed by atoms with E-state index in [4.69, 9.17) is 14.2 Å². The van der Waals surface area contributed by atoms with Crippen molar-refractivity contribution in [2.24, 2.45) is 5.92 Å². The summed E-state index contributed by atoms with van der Waals surface area (Å²) < 4.78 is 16.8. The highest BCUT2D eigenvalue weighted by atomic mass is 16.6. The molecule has 59 heavy (non-hydrogen) atoms. The second-order valence-corrected chi connectivity index (χ2v) is 18.6. The summed E-state index contributed by atoms with van der Waals surface area (Å²) in [6, 6.07) is 0. The van der Waals surface area contributed by atoms with E-state index in [0.717, 1.165) is 63.7 Å². The second-order valence-electron chi connectivity index (χ2n) is 18.6. The minimum absolute atomic E-state index is 0.0627. The Bertz CT molecular complexity index is 887. The van der Waals surface area contributed by atoms with Gasteiger partial charge < -0.3 is 14.2 Å². The highest BCUT2D eigenvalue weighted by Crippen LogP contribution is 2.17. The van der Waals surface area contributed by atoms with Crippen LogP contribution in [0.3, 0.4) is 0 Å². The molecule has 0 N–H and O–H groups in total. The van der Waals surface area contributed by atoms with Crippen LogP contribution >= 0.6 is 0 Å². The van der Waals surface area contributed by atoms with Gasteiger partial charge in [0.2, 0.25) is 0 Å². The largest absolute Gasteiger partial charge is 0.462 e. The number of carbonyl (C=O) groups is 3. The summed E-state index contributed by atoms with van der Waals surface area (Å²) in [5, 5.41) is 0. The maximum atomic E-state index is 12.8. The third-order valence-electron chi connectivity index (χ3n) is 12.0. The van der Waals surface area contributed by atoms with Crippen molar-refractivity contribution in [2.75, 3.05) is 13.2 Å². The molecule has 0 rings (SSSR count). The van der Waals surface area contributed by atoms with Crippen molar-refractivity contribution in [3.63, 3.8) is 0 Å². The van der Waals surface area contributed by atoms with E-state index < -0.39 is 6.10 Å². The molecule has 0 aliphatic heterocycles. The zero-order chi connectivity index (χ0) is 43.1. The molecule has 0 amide bonds. The van der Waals surface area contributed by atoms with E-state index >= 15 is 0 Å². The standard InChI is InChI=1S/C53H102O6/c1-5-7-9-11-13-15-17-19-20-21-22-24-29-33-37-41-45-52(55)58-48-50(47-57-51(54)44-40-36-32-28-23-18-16-14-12-10-8-6-2)59-53(56)46-42-38-34-30-26-25-27-31-35-39-43-49(3)4/h49-50H,5-48H2,1-4H3/t50-/m0/s1. The molecule has 0 saturated carbocycles. The number of ether oxygens (including phenoxy) is 3. The first kappa shape index (κ1) is 57.4. The van der Waals surface area contributed by atoms with Gasteiger partial charge in [0.25, 0.3) is 0 Å². The molecule has 6 nitrogen and oxygen atoms in total. The van der Waals surface area contributed by atoms with Gasteiger partial charge in [0.15, 0.2) is 6.10 Å². The first-order valence-corrected chi connectivity index (χ1v) is 26.4. The van der Waals surface area contributed by atoms with Crippen LogP contribution < -0.4 is 0 Å². The first-order chi connectivity index (χ1) is 28.9. The highest BCUT2D eigenvalue weighted by Gasteiger charge is 2.19. The summed E-state index contributed by atoms with van der Waals surface area (Å²) in [6.07, 6.45) is 49.4. The van der Waals surface area contributed by atoms with Crippen LogP contribution in [0.25, 0.3) is 0 Å². The van der Waals surface area contributed by atoms with E-state index in [1.165, 1.54) is 193 Å². The Hall–Kier alpha value is -1.59. The molecule has 0 heterocycles. The molecule has 0 aliphatic carbocycles. The van der Waals surface area contributed by atoms with Crippen LogP contribution in [-0.4, -0.2) is 37.2 Å². The Morgan fingerprint density at radius 2 is 0.559 bits per heavy atom. The molecule has 1 atom stereocenters. The van der Waals surface area contributed by atoms with Gasteiger partial charge >= 0.3 is 17.9 Å². The van der Waals surface area contributed by atoms with Crippen LogP contribution in [0.4, 0.5) is 0 Å². The highest BCUT2D eigenvalue weighted by molar-refractivity contribution is 5.71. The van der Waals surface area contributed by atoms with Crippen molar-refractivity contribution in [2.45, 2.75) is 303 Å². The Labute approximate surface area is 368 Å². The molecule has 6 heteroatoms. The monoisotopic (exact) mass is 835 g/mol. The molecule has 0 spiro atoms. The van der Waals surface area contributed by atoms with E-state index in [1.54, 1.807) is 0 Å². The zero-order valence-electron chi connectivity index (χ0n) is 40.2. The van der Waals surface area contributed by atoms with Crippen molar-refractivity contribution in [1.29, 1.82) is 0 Å².